The fourth-order valence-electron chi connectivity index (χ4n) is 1.29. The van der Waals surface area contributed by atoms with Crippen molar-refractivity contribution in [1.82, 2.24) is 0 Å². The van der Waals surface area contributed by atoms with Gasteiger partial charge in [-0.25, -0.2) is 4.39 Å². The highest BCUT2D eigenvalue weighted by molar-refractivity contribution is 9.10. The van der Waals surface area contributed by atoms with E-state index in [1.54, 1.807) is 13.0 Å². The molecule has 1 rings (SSSR count). The minimum atomic E-state index is -0.490. The molecule has 1 aromatic rings. The molecule has 0 heterocycles. The highest BCUT2D eigenvalue weighted by Crippen LogP contribution is 2.25. The van der Waals surface area contributed by atoms with E-state index in [1.807, 2.05) is 0 Å². The van der Waals surface area contributed by atoms with Crippen molar-refractivity contribution in [3.05, 3.63) is 28.0 Å². The van der Waals surface area contributed by atoms with Crippen molar-refractivity contribution in [1.29, 1.82) is 0 Å². The van der Waals surface area contributed by atoms with Crippen LogP contribution in [0.15, 0.2) is 16.6 Å². The lowest BCUT2D eigenvalue weighted by Gasteiger charge is -2.10. The van der Waals surface area contributed by atoms with Crippen molar-refractivity contribution >= 4 is 44.8 Å². The molecule has 0 atom stereocenters. The Hall–Kier alpha value is -1.01. The molecule has 6 heteroatoms. The van der Waals surface area contributed by atoms with Gasteiger partial charge in [-0.3, -0.25) is 4.79 Å². The fourth-order valence-corrected chi connectivity index (χ4v) is 1.90. The van der Waals surface area contributed by atoms with Gasteiger partial charge >= 0.3 is 0 Å². The third kappa shape index (κ3) is 4.03. The standard InChI is InChI=1S/C12H13BrFNO2S/c1-3-11(16)15-10-4-7(5-12(18)17-2)8(13)6-9(10)14/h4,6H,3,5H2,1-2H3,(H,15,16). The summed E-state index contributed by atoms with van der Waals surface area (Å²) < 4.78 is 19.1. The molecule has 0 spiro atoms. The molecule has 0 fully saturated rings. The first kappa shape index (κ1) is 15.0. The average Bonchev–Trinajstić information content (AvgIpc) is 2.34. The summed E-state index contributed by atoms with van der Waals surface area (Å²) in [6.07, 6.45) is 0.670. The van der Waals surface area contributed by atoms with Crippen molar-refractivity contribution in [2.24, 2.45) is 0 Å². The predicted molar refractivity (Wildman–Crippen MR) is 76.3 cm³/mol. The Morgan fingerprint density at radius 2 is 2.22 bits per heavy atom. The maximum Gasteiger partial charge on any atom is 0.224 e. The smallest absolute Gasteiger partial charge is 0.224 e. The number of nitrogens with one attached hydrogen (secondary N) is 1. The zero-order valence-electron chi connectivity index (χ0n) is 10.0. The number of thiocarbonyl (C=S) groups is 1. The van der Waals surface area contributed by atoms with Gasteiger partial charge in [0.2, 0.25) is 5.91 Å². The third-order valence-corrected chi connectivity index (χ3v) is 3.34. The van der Waals surface area contributed by atoms with Gasteiger partial charge in [0.25, 0.3) is 0 Å². The lowest BCUT2D eigenvalue weighted by atomic mass is 10.1. The Morgan fingerprint density at radius 1 is 1.56 bits per heavy atom. The molecule has 0 aliphatic heterocycles. The molecule has 3 nitrogen and oxygen atoms in total. The van der Waals surface area contributed by atoms with E-state index >= 15 is 0 Å². The number of rotatable bonds is 4. The molecule has 1 N–H and O–H groups in total. The van der Waals surface area contributed by atoms with E-state index < -0.39 is 5.82 Å². The predicted octanol–water partition coefficient (Wildman–Crippen LogP) is 3.45. The molecule has 0 unspecified atom stereocenters. The van der Waals surface area contributed by atoms with Crippen LogP contribution in [-0.2, 0) is 16.0 Å². The first-order valence-electron chi connectivity index (χ1n) is 5.32. The first-order chi connectivity index (χ1) is 8.47. The van der Waals surface area contributed by atoms with Gasteiger partial charge in [0.05, 0.1) is 12.8 Å². The Labute approximate surface area is 119 Å². The molecule has 1 aromatic carbocycles. The molecule has 18 heavy (non-hydrogen) atoms. The Morgan fingerprint density at radius 3 is 2.78 bits per heavy atom. The number of hydrogen-bond donors (Lipinski definition) is 1. The summed E-state index contributed by atoms with van der Waals surface area (Å²) in [6.45, 7) is 1.70. The van der Waals surface area contributed by atoms with Gasteiger partial charge in [-0.05, 0) is 29.9 Å². The van der Waals surface area contributed by atoms with Gasteiger partial charge in [0.1, 0.15) is 5.82 Å². The summed E-state index contributed by atoms with van der Waals surface area (Å²) in [5, 5.41) is 2.90. The van der Waals surface area contributed by atoms with E-state index in [2.05, 4.69) is 21.2 Å². The van der Waals surface area contributed by atoms with Crippen LogP contribution >= 0.6 is 28.1 Å². The second-order valence-corrected chi connectivity index (χ2v) is 4.89. The van der Waals surface area contributed by atoms with Crippen LogP contribution < -0.4 is 5.32 Å². The first-order valence-corrected chi connectivity index (χ1v) is 6.52. The Kier molecular flexibility index (Phi) is 5.68. The van der Waals surface area contributed by atoms with Gasteiger partial charge in [-0.2, -0.15) is 0 Å². The summed E-state index contributed by atoms with van der Waals surface area (Å²) in [5.74, 6) is -0.729. The van der Waals surface area contributed by atoms with Crippen LogP contribution in [-0.4, -0.2) is 18.1 Å². The average molecular weight is 334 g/mol. The highest BCUT2D eigenvalue weighted by atomic mass is 79.9. The molecule has 0 aliphatic carbocycles. The third-order valence-electron chi connectivity index (χ3n) is 2.29. The SMILES string of the molecule is CCC(=O)Nc1cc(CC(=S)OC)c(Br)cc1F. The number of halogens is 2. The molecule has 0 aliphatic rings. The minimum absolute atomic E-state index is 0.152. The second kappa shape index (κ2) is 6.80. The van der Waals surface area contributed by atoms with E-state index in [9.17, 15) is 9.18 Å². The van der Waals surface area contributed by atoms with Crippen LogP contribution in [0.5, 0.6) is 0 Å². The largest absolute Gasteiger partial charge is 0.490 e. The molecular weight excluding hydrogens is 321 g/mol. The van der Waals surface area contributed by atoms with Crippen molar-refractivity contribution in [3.8, 4) is 0 Å². The fraction of sp³-hybridized carbons (Fsp3) is 0.333. The maximum atomic E-state index is 13.6. The van der Waals surface area contributed by atoms with Crippen molar-refractivity contribution in [2.75, 3.05) is 12.4 Å². The lowest BCUT2D eigenvalue weighted by molar-refractivity contribution is -0.115. The molecule has 1 amide bonds. The van der Waals surface area contributed by atoms with Crippen LogP contribution in [0.25, 0.3) is 0 Å². The Balaban J connectivity index is 3.02. The van der Waals surface area contributed by atoms with Crippen LogP contribution in [0.3, 0.4) is 0 Å². The molecular formula is C12H13BrFNO2S. The van der Waals surface area contributed by atoms with Crippen LogP contribution in [0.4, 0.5) is 10.1 Å². The summed E-state index contributed by atoms with van der Waals surface area (Å²) in [4.78, 5) is 11.3. The van der Waals surface area contributed by atoms with E-state index in [4.69, 9.17) is 17.0 Å². The number of ether oxygens (including phenoxy) is 1. The number of benzene rings is 1. The number of carbonyl (C=O) groups excluding carboxylic acids is 1. The number of methoxy groups -OCH3 is 1. The van der Waals surface area contributed by atoms with E-state index in [-0.39, 0.29) is 11.6 Å². The summed E-state index contributed by atoms with van der Waals surface area (Å²) in [5.41, 5.74) is 0.911. The number of hydrogen-bond acceptors (Lipinski definition) is 3. The quantitative estimate of drug-likeness (QED) is 0.857. The number of anilines is 1. The van der Waals surface area contributed by atoms with Crippen molar-refractivity contribution in [2.45, 2.75) is 19.8 Å². The van der Waals surface area contributed by atoms with Gasteiger partial charge in [-0.15, -0.1) is 0 Å². The van der Waals surface area contributed by atoms with Gasteiger partial charge < -0.3 is 10.1 Å². The molecule has 98 valence electrons. The maximum absolute atomic E-state index is 13.6. The van der Waals surface area contributed by atoms with Crippen LogP contribution in [0, 0.1) is 5.82 Å². The number of amides is 1. The van der Waals surface area contributed by atoms with Crippen LogP contribution in [0.1, 0.15) is 18.9 Å². The molecule has 0 bridgehead atoms. The summed E-state index contributed by atoms with van der Waals surface area (Å²) in [7, 11) is 1.49. The van der Waals surface area contributed by atoms with Gasteiger partial charge in [0.15, 0.2) is 5.05 Å². The minimum Gasteiger partial charge on any atom is -0.490 e. The zero-order chi connectivity index (χ0) is 13.7. The molecule has 0 aromatic heterocycles. The molecule has 0 saturated carbocycles. The zero-order valence-corrected chi connectivity index (χ0v) is 12.5. The van der Waals surface area contributed by atoms with Crippen molar-refractivity contribution in [3.63, 3.8) is 0 Å². The lowest BCUT2D eigenvalue weighted by Crippen LogP contribution is -2.12. The second-order valence-electron chi connectivity index (χ2n) is 3.58. The molecule has 0 radical (unpaired) electrons. The van der Waals surface area contributed by atoms with Crippen molar-refractivity contribution < 1.29 is 13.9 Å². The molecule has 0 saturated heterocycles. The van der Waals surface area contributed by atoms with Gasteiger partial charge in [0, 0.05) is 17.3 Å². The highest BCUT2D eigenvalue weighted by Gasteiger charge is 2.11. The normalized spacial score (nSPS) is 10.0. The summed E-state index contributed by atoms with van der Waals surface area (Å²) in [6, 6.07) is 2.86. The monoisotopic (exact) mass is 333 g/mol. The van der Waals surface area contributed by atoms with E-state index in [0.29, 0.717) is 22.4 Å². The van der Waals surface area contributed by atoms with E-state index in [1.165, 1.54) is 13.2 Å². The van der Waals surface area contributed by atoms with E-state index in [0.717, 1.165) is 5.56 Å². The Bertz CT molecular complexity index is 440. The van der Waals surface area contributed by atoms with Crippen LogP contribution in [0.2, 0.25) is 0 Å². The topological polar surface area (TPSA) is 38.3 Å². The van der Waals surface area contributed by atoms with Gasteiger partial charge in [-0.1, -0.05) is 22.9 Å². The number of carbonyl (C=O) groups is 1. The summed E-state index contributed by atoms with van der Waals surface area (Å²) >= 11 is 8.21.